The number of aromatic nitrogens is 1. The van der Waals surface area contributed by atoms with Crippen LogP contribution in [0.3, 0.4) is 0 Å². The molecule has 3 rings (SSSR count). The standard InChI is InChI=1S/C16H14BrClN2/c17-13-6-5-11(15(18)7-13)9-20-10-12(8-19)14-3-1-2-4-16(14)20/h1-7,10H,8-9,19H2. The summed E-state index contributed by atoms with van der Waals surface area (Å²) in [7, 11) is 0. The quantitative estimate of drug-likeness (QED) is 0.738. The van der Waals surface area contributed by atoms with Gasteiger partial charge in [0.05, 0.1) is 0 Å². The van der Waals surface area contributed by atoms with Crippen LogP contribution in [0.5, 0.6) is 0 Å². The highest BCUT2D eigenvalue weighted by Crippen LogP contribution is 2.26. The molecule has 2 aromatic carbocycles. The van der Waals surface area contributed by atoms with Crippen molar-refractivity contribution in [1.82, 2.24) is 4.57 Å². The van der Waals surface area contributed by atoms with Crippen molar-refractivity contribution in [3.63, 3.8) is 0 Å². The molecular weight excluding hydrogens is 336 g/mol. The summed E-state index contributed by atoms with van der Waals surface area (Å²) in [6.07, 6.45) is 2.11. The molecule has 2 nitrogen and oxygen atoms in total. The number of halogens is 2. The zero-order valence-electron chi connectivity index (χ0n) is 10.8. The number of fused-ring (bicyclic) bond motifs is 1. The molecular formula is C16H14BrClN2. The normalized spacial score (nSPS) is 11.2. The number of rotatable bonds is 3. The van der Waals surface area contributed by atoms with Crippen molar-refractivity contribution in [3.8, 4) is 0 Å². The van der Waals surface area contributed by atoms with Crippen LogP contribution in [-0.4, -0.2) is 4.57 Å². The smallest absolute Gasteiger partial charge is 0.0491 e. The first kappa shape index (κ1) is 13.7. The Bertz CT molecular complexity index is 764. The Morgan fingerprint density at radius 2 is 1.90 bits per heavy atom. The second-order valence-electron chi connectivity index (χ2n) is 4.74. The van der Waals surface area contributed by atoms with E-state index < -0.39 is 0 Å². The lowest BCUT2D eigenvalue weighted by atomic mass is 10.2. The van der Waals surface area contributed by atoms with Crippen LogP contribution < -0.4 is 5.73 Å². The van der Waals surface area contributed by atoms with Crippen LogP contribution in [0.2, 0.25) is 5.02 Å². The summed E-state index contributed by atoms with van der Waals surface area (Å²) < 4.78 is 3.19. The molecule has 20 heavy (non-hydrogen) atoms. The van der Waals surface area contributed by atoms with Gasteiger partial charge in [-0.1, -0.05) is 51.8 Å². The van der Waals surface area contributed by atoms with Gasteiger partial charge in [0.2, 0.25) is 0 Å². The lowest BCUT2D eigenvalue weighted by Gasteiger charge is -2.08. The highest BCUT2D eigenvalue weighted by molar-refractivity contribution is 9.10. The molecule has 2 N–H and O–H groups in total. The third-order valence-electron chi connectivity index (χ3n) is 3.45. The minimum absolute atomic E-state index is 0.543. The van der Waals surface area contributed by atoms with Crippen LogP contribution in [0.4, 0.5) is 0 Å². The molecule has 0 radical (unpaired) electrons. The van der Waals surface area contributed by atoms with Crippen LogP contribution >= 0.6 is 27.5 Å². The third-order valence-corrected chi connectivity index (χ3v) is 4.29. The van der Waals surface area contributed by atoms with Gasteiger partial charge in [0.1, 0.15) is 0 Å². The zero-order valence-corrected chi connectivity index (χ0v) is 13.2. The van der Waals surface area contributed by atoms with Crippen molar-refractivity contribution in [3.05, 3.63) is 69.3 Å². The van der Waals surface area contributed by atoms with Gasteiger partial charge in [-0.15, -0.1) is 0 Å². The van der Waals surface area contributed by atoms with Crippen LogP contribution in [0.1, 0.15) is 11.1 Å². The van der Waals surface area contributed by atoms with E-state index in [2.05, 4.69) is 38.8 Å². The Balaban J connectivity index is 2.06. The predicted molar refractivity (Wildman–Crippen MR) is 88.1 cm³/mol. The molecule has 0 spiro atoms. The van der Waals surface area contributed by atoms with Gasteiger partial charge in [-0.2, -0.15) is 0 Å². The van der Waals surface area contributed by atoms with Gasteiger partial charge in [0, 0.05) is 39.7 Å². The van der Waals surface area contributed by atoms with Crippen LogP contribution in [-0.2, 0) is 13.1 Å². The van der Waals surface area contributed by atoms with Crippen LogP contribution in [0, 0.1) is 0 Å². The molecule has 0 unspecified atom stereocenters. The summed E-state index contributed by atoms with van der Waals surface area (Å²) in [4.78, 5) is 0. The largest absolute Gasteiger partial charge is 0.343 e. The number of nitrogens with two attached hydrogens (primary N) is 1. The Kier molecular flexibility index (Phi) is 3.83. The zero-order chi connectivity index (χ0) is 14.1. The van der Waals surface area contributed by atoms with Crippen molar-refractivity contribution in [2.75, 3.05) is 0 Å². The van der Waals surface area contributed by atoms with E-state index in [4.69, 9.17) is 17.3 Å². The first-order valence-corrected chi connectivity index (χ1v) is 7.57. The van der Waals surface area contributed by atoms with Gasteiger partial charge in [-0.25, -0.2) is 0 Å². The maximum atomic E-state index is 6.30. The molecule has 0 aliphatic carbocycles. The van der Waals surface area contributed by atoms with E-state index >= 15 is 0 Å². The van der Waals surface area contributed by atoms with E-state index in [0.717, 1.165) is 27.2 Å². The van der Waals surface area contributed by atoms with Gasteiger partial charge < -0.3 is 10.3 Å². The molecule has 102 valence electrons. The number of benzene rings is 2. The third kappa shape index (κ3) is 2.49. The minimum atomic E-state index is 0.543. The summed E-state index contributed by atoms with van der Waals surface area (Å²) in [6, 6.07) is 14.3. The number of nitrogens with zero attached hydrogens (tertiary/aromatic N) is 1. The van der Waals surface area contributed by atoms with E-state index in [0.29, 0.717) is 6.54 Å². The molecule has 0 amide bonds. The molecule has 0 saturated carbocycles. The number of para-hydroxylation sites is 1. The van der Waals surface area contributed by atoms with E-state index in [-0.39, 0.29) is 0 Å². The molecule has 0 atom stereocenters. The van der Waals surface area contributed by atoms with E-state index in [1.807, 2.05) is 30.3 Å². The van der Waals surface area contributed by atoms with Crippen molar-refractivity contribution < 1.29 is 0 Å². The SMILES string of the molecule is NCc1cn(Cc2ccc(Br)cc2Cl)c2ccccc12. The predicted octanol–water partition coefficient (Wildman–Crippen LogP) is 4.56. The Hall–Kier alpha value is -1.29. The maximum absolute atomic E-state index is 6.30. The summed E-state index contributed by atoms with van der Waals surface area (Å²) in [5.74, 6) is 0. The lowest BCUT2D eigenvalue weighted by molar-refractivity contribution is 0.829. The monoisotopic (exact) mass is 348 g/mol. The Morgan fingerprint density at radius 1 is 1.10 bits per heavy atom. The van der Waals surface area contributed by atoms with Gasteiger partial charge in [0.15, 0.2) is 0 Å². The van der Waals surface area contributed by atoms with E-state index in [9.17, 15) is 0 Å². The van der Waals surface area contributed by atoms with Crippen molar-refractivity contribution in [1.29, 1.82) is 0 Å². The van der Waals surface area contributed by atoms with Gasteiger partial charge in [0.25, 0.3) is 0 Å². The molecule has 1 heterocycles. The molecule has 1 aromatic heterocycles. The fraction of sp³-hybridized carbons (Fsp3) is 0.125. The second-order valence-corrected chi connectivity index (χ2v) is 6.06. The molecule has 0 bridgehead atoms. The average Bonchev–Trinajstić information content (AvgIpc) is 2.80. The fourth-order valence-electron chi connectivity index (χ4n) is 2.45. The minimum Gasteiger partial charge on any atom is -0.343 e. The molecule has 4 heteroatoms. The maximum Gasteiger partial charge on any atom is 0.0491 e. The van der Waals surface area contributed by atoms with E-state index in [1.165, 1.54) is 10.9 Å². The first-order valence-electron chi connectivity index (χ1n) is 6.40. The Morgan fingerprint density at radius 3 is 2.65 bits per heavy atom. The lowest BCUT2D eigenvalue weighted by Crippen LogP contribution is -1.99. The first-order chi connectivity index (χ1) is 9.69. The topological polar surface area (TPSA) is 30.9 Å². The summed E-state index contributed by atoms with van der Waals surface area (Å²) in [6.45, 7) is 1.29. The van der Waals surface area contributed by atoms with E-state index in [1.54, 1.807) is 0 Å². The summed E-state index contributed by atoms with van der Waals surface area (Å²) >= 11 is 9.73. The fourth-order valence-corrected chi connectivity index (χ4v) is 3.18. The average molecular weight is 350 g/mol. The molecule has 0 fully saturated rings. The summed E-state index contributed by atoms with van der Waals surface area (Å²) in [5.41, 5.74) is 9.27. The summed E-state index contributed by atoms with van der Waals surface area (Å²) in [5, 5.41) is 1.98. The van der Waals surface area contributed by atoms with Gasteiger partial charge in [-0.05, 0) is 29.3 Å². The molecule has 0 aliphatic heterocycles. The Labute approximate surface area is 131 Å². The number of hydrogen-bond donors (Lipinski definition) is 1. The van der Waals surface area contributed by atoms with Gasteiger partial charge in [-0.3, -0.25) is 0 Å². The van der Waals surface area contributed by atoms with Crippen molar-refractivity contribution >= 4 is 38.4 Å². The highest BCUT2D eigenvalue weighted by Gasteiger charge is 2.08. The number of hydrogen-bond acceptors (Lipinski definition) is 1. The van der Waals surface area contributed by atoms with Crippen molar-refractivity contribution in [2.24, 2.45) is 5.73 Å². The van der Waals surface area contributed by atoms with Crippen LogP contribution in [0.25, 0.3) is 10.9 Å². The van der Waals surface area contributed by atoms with Crippen LogP contribution in [0.15, 0.2) is 53.1 Å². The highest BCUT2D eigenvalue weighted by atomic mass is 79.9. The molecule has 0 saturated heterocycles. The van der Waals surface area contributed by atoms with Gasteiger partial charge >= 0.3 is 0 Å². The molecule has 3 aromatic rings. The molecule has 0 aliphatic rings. The van der Waals surface area contributed by atoms with Crippen molar-refractivity contribution in [2.45, 2.75) is 13.1 Å². The second kappa shape index (κ2) is 5.60.